The molecule has 0 unspecified atom stereocenters. The molecule has 1 N–H and O–H groups in total. The number of hydrogen-bond acceptors (Lipinski definition) is 3. The fourth-order valence-corrected chi connectivity index (χ4v) is 3.29. The average molecular weight is 408 g/mol. The highest BCUT2D eigenvalue weighted by Crippen LogP contribution is 2.27. The van der Waals surface area contributed by atoms with E-state index >= 15 is 0 Å². The lowest BCUT2D eigenvalue weighted by molar-refractivity contribution is -0.115. The average Bonchev–Trinajstić information content (AvgIpc) is 2.94. The van der Waals surface area contributed by atoms with Crippen molar-refractivity contribution in [3.8, 4) is 6.07 Å². The Morgan fingerprint density at radius 2 is 1.83 bits per heavy atom. The van der Waals surface area contributed by atoms with Gasteiger partial charge in [0.1, 0.15) is 11.9 Å². The second-order valence-electron chi connectivity index (χ2n) is 7.12. The van der Waals surface area contributed by atoms with Gasteiger partial charge in [-0.3, -0.25) is 4.79 Å². The predicted octanol–water partition coefficient (Wildman–Crippen LogP) is 4.38. The molecule has 0 spiro atoms. The van der Waals surface area contributed by atoms with Crippen LogP contribution in [0.2, 0.25) is 0 Å². The fraction of sp³-hybridized carbons (Fsp3) is 0.217. The van der Waals surface area contributed by atoms with Gasteiger partial charge in [-0.25, -0.2) is 8.78 Å². The summed E-state index contributed by atoms with van der Waals surface area (Å²) in [6.45, 7) is 4.16. The van der Waals surface area contributed by atoms with E-state index in [1.54, 1.807) is 7.05 Å². The summed E-state index contributed by atoms with van der Waals surface area (Å²) >= 11 is 0. The summed E-state index contributed by atoms with van der Waals surface area (Å²) in [7, 11) is 1.61. The molecular weight excluding hydrogens is 386 g/mol. The molecule has 0 fully saturated rings. The van der Waals surface area contributed by atoms with Crippen LogP contribution >= 0.6 is 0 Å². The molecule has 0 aliphatic carbocycles. The number of nitrogens with zero attached hydrogens (tertiary/aromatic N) is 3. The second-order valence-corrected chi connectivity index (χ2v) is 7.12. The lowest BCUT2D eigenvalue weighted by Crippen LogP contribution is -2.31. The van der Waals surface area contributed by atoms with Gasteiger partial charge in [0.15, 0.2) is 11.6 Å². The molecule has 0 atom stereocenters. The largest absolute Gasteiger partial charge is 0.365 e. The maximum atomic E-state index is 13.5. The molecule has 3 rings (SSSR count). The summed E-state index contributed by atoms with van der Waals surface area (Å²) in [5.41, 5.74) is 3.51. The zero-order valence-electron chi connectivity index (χ0n) is 17.0. The zero-order valence-corrected chi connectivity index (χ0v) is 17.0. The maximum absolute atomic E-state index is 13.5. The SMILES string of the molecule is Cc1c(C#N)c(NC(=O)CN(C)c2ccc(F)c(F)c2)n(Cc2ccccc2)c1C. The third-order valence-electron chi connectivity index (χ3n) is 5.11. The summed E-state index contributed by atoms with van der Waals surface area (Å²) in [6.07, 6.45) is 0. The van der Waals surface area contributed by atoms with E-state index in [1.165, 1.54) is 11.0 Å². The van der Waals surface area contributed by atoms with Gasteiger partial charge < -0.3 is 14.8 Å². The Morgan fingerprint density at radius 3 is 2.47 bits per heavy atom. The number of carbonyl (C=O) groups is 1. The van der Waals surface area contributed by atoms with Crippen molar-refractivity contribution < 1.29 is 13.6 Å². The highest BCUT2D eigenvalue weighted by molar-refractivity contribution is 5.95. The molecule has 1 amide bonds. The molecule has 1 heterocycles. The number of aromatic nitrogens is 1. The van der Waals surface area contributed by atoms with Gasteiger partial charge in [0, 0.05) is 31.0 Å². The summed E-state index contributed by atoms with van der Waals surface area (Å²) in [6, 6.07) is 15.4. The number of nitrogens with one attached hydrogen (secondary N) is 1. The molecule has 154 valence electrons. The molecule has 7 heteroatoms. The van der Waals surface area contributed by atoms with Crippen LogP contribution in [0, 0.1) is 36.8 Å². The molecular formula is C23H22F2N4O. The van der Waals surface area contributed by atoms with Crippen LogP contribution in [-0.2, 0) is 11.3 Å². The van der Waals surface area contributed by atoms with Crippen LogP contribution in [0.3, 0.4) is 0 Å². The van der Waals surface area contributed by atoms with Crippen LogP contribution in [-0.4, -0.2) is 24.1 Å². The molecule has 0 bridgehead atoms. The normalized spacial score (nSPS) is 10.5. The molecule has 30 heavy (non-hydrogen) atoms. The summed E-state index contributed by atoms with van der Waals surface area (Å²) in [5, 5.41) is 12.5. The molecule has 0 aliphatic heterocycles. The van der Waals surface area contributed by atoms with Crippen molar-refractivity contribution in [2.24, 2.45) is 0 Å². The van der Waals surface area contributed by atoms with Crippen molar-refractivity contribution in [2.75, 3.05) is 23.8 Å². The Kier molecular flexibility index (Phi) is 6.17. The quantitative estimate of drug-likeness (QED) is 0.659. The number of rotatable bonds is 6. The molecule has 0 radical (unpaired) electrons. The van der Waals surface area contributed by atoms with E-state index in [0.29, 0.717) is 23.6 Å². The van der Waals surface area contributed by atoms with Crippen LogP contribution in [0.1, 0.15) is 22.4 Å². The highest BCUT2D eigenvalue weighted by Gasteiger charge is 2.20. The molecule has 1 aromatic heterocycles. The number of benzene rings is 2. The number of amides is 1. The summed E-state index contributed by atoms with van der Waals surface area (Å²) in [4.78, 5) is 14.2. The minimum absolute atomic E-state index is 0.0927. The van der Waals surface area contributed by atoms with Gasteiger partial charge in [0.05, 0.1) is 12.1 Å². The van der Waals surface area contributed by atoms with E-state index in [2.05, 4.69) is 11.4 Å². The standard InChI is InChI=1S/C23H22F2N4O/c1-15-16(2)29(13-17-7-5-4-6-8-17)23(19(15)12-26)27-22(30)14-28(3)18-9-10-20(24)21(25)11-18/h4-11H,13-14H2,1-3H3,(H,27,30). The monoisotopic (exact) mass is 408 g/mol. The minimum atomic E-state index is -0.977. The van der Waals surface area contributed by atoms with Crippen molar-refractivity contribution in [1.82, 2.24) is 4.57 Å². The van der Waals surface area contributed by atoms with Crippen LogP contribution in [0.25, 0.3) is 0 Å². The van der Waals surface area contributed by atoms with E-state index in [1.807, 2.05) is 48.7 Å². The van der Waals surface area contributed by atoms with Crippen LogP contribution in [0.5, 0.6) is 0 Å². The first-order valence-electron chi connectivity index (χ1n) is 9.41. The number of hydrogen-bond donors (Lipinski definition) is 1. The molecule has 0 saturated carbocycles. The molecule has 0 aliphatic rings. The first-order chi connectivity index (χ1) is 14.3. The van der Waals surface area contributed by atoms with E-state index < -0.39 is 11.6 Å². The maximum Gasteiger partial charge on any atom is 0.245 e. The summed E-state index contributed by atoms with van der Waals surface area (Å²) in [5.74, 6) is -1.86. The van der Waals surface area contributed by atoms with Gasteiger partial charge in [0.2, 0.25) is 5.91 Å². The van der Waals surface area contributed by atoms with Crippen molar-refractivity contribution >= 4 is 17.4 Å². The van der Waals surface area contributed by atoms with Gasteiger partial charge in [0.25, 0.3) is 0 Å². The van der Waals surface area contributed by atoms with Crippen molar-refractivity contribution in [3.05, 3.63) is 82.5 Å². The zero-order chi connectivity index (χ0) is 21.8. The molecule has 0 saturated heterocycles. The lowest BCUT2D eigenvalue weighted by atomic mass is 10.2. The number of anilines is 2. The van der Waals surface area contributed by atoms with Gasteiger partial charge >= 0.3 is 0 Å². The third-order valence-corrected chi connectivity index (χ3v) is 5.11. The van der Waals surface area contributed by atoms with Gasteiger partial charge in [-0.1, -0.05) is 30.3 Å². The fourth-order valence-electron chi connectivity index (χ4n) is 3.29. The van der Waals surface area contributed by atoms with Crippen LogP contribution in [0.15, 0.2) is 48.5 Å². The second kappa shape index (κ2) is 8.78. The topological polar surface area (TPSA) is 61.1 Å². The minimum Gasteiger partial charge on any atom is -0.365 e. The smallest absolute Gasteiger partial charge is 0.245 e. The van der Waals surface area contributed by atoms with Gasteiger partial charge in [-0.2, -0.15) is 5.26 Å². The first kappa shape index (κ1) is 21.1. The third kappa shape index (κ3) is 4.33. The van der Waals surface area contributed by atoms with Crippen LogP contribution in [0.4, 0.5) is 20.3 Å². The van der Waals surface area contributed by atoms with Crippen LogP contribution < -0.4 is 10.2 Å². The Balaban J connectivity index is 1.84. The van der Waals surface area contributed by atoms with E-state index in [0.717, 1.165) is 29.0 Å². The van der Waals surface area contributed by atoms with E-state index in [-0.39, 0.29) is 12.5 Å². The first-order valence-corrected chi connectivity index (χ1v) is 9.41. The Hall–Kier alpha value is -3.66. The number of likely N-dealkylation sites (N-methyl/N-ethyl adjacent to an activating group) is 1. The Morgan fingerprint density at radius 1 is 1.13 bits per heavy atom. The van der Waals surface area contributed by atoms with Gasteiger partial charge in [-0.15, -0.1) is 0 Å². The number of nitriles is 1. The van der Waals surface area contributed by atoms with Gasteiger partial charge in [-0.05, 0) is 37.1 Å². The van der Waals surface area contributed by atoms with Crippen molar-refractivity contribution in [2.45, 2.75) is 20.4 Å². The van der Waals surface area contributed by atoms with Crippen molar-refractivity contribution in [3.63, 3.8) is 0 Å². The Labute approximate surface area is 174 Å². The molecule has 5 nitrogen and oxygen atoms in total. The molecule has 3 aromatic rings. The predicted molar refractivity (Wildman–Crippen MR) is 112 cm³/mol. The van der Waals surface area contributed by atoms with E-state index in [9.17, 15) is 18.8 Å². The summed E-state index contributed by atoms with van der Waals surface area (Å²) < 4.78 is 28.5. The number of halogens is 2. The number of carbonyl (C=O) groups excluding carboxylic acids is 1. The molecule has 2 aromatic carbocycles. The lowest BCUT2D eigenvalue weighted by Gasteiger charge is -2.20. The Bertz CT molecular complexity index is 1120. The highest BCUT2D eigenvalue weighted by atomic mass is 19.2. The van der Waals surface area contributed by atoms with E-state index in [4.69, 9.17) is 0 Å². The van der Waals surface area contributed by atoms with Crippen molar-refractivity contribution in [1.29, 1.82) is 5.26 Å².